The number of nitrogens with zero attached hydrogens (tertiary/aromatic N) is 2. The molecule has 0 spiro atoms. The van der Waals surface area contributed by atoms with Crippen molar-refractivity contribution < 1.29 is 24.2 Å². The van der Waals surface area contributed by atoms with E-state index in [2.05, 4.69) is 10.3 Å². The maximum Gasteiger partial charge on any atom is 0.303 e. The summed E-state index contributed by atoms with van der Waals surface area (Å²) in [7, 11) is 0. The maximum absolute atomic E-state index is 15.1. The van der Waals surface area contributed by atoms with Gasteiger partial charge in [0, 0.05) is 22.3 Å². The molecule has 1 saturated heterocycles. The molecule has 1 fully saturated rings. The van der Waals surface area contributed by atoms with Crippen molar-refractivity contribution in [2.24, 2.45) is 0 Å². The van der Waals surface area contributed by atoms with E-state index in [1.54, 1.807) is 6.20 Å². The van der Waals surface area contributed by atoms with Gasteiger partial charge in [0.2, 0.25) is 5.91 Å². The molecule has 37 heavy (non-hydrogen) atoms. The van der Waals surface area contributed by atoms with E-state index in [0.717, 1.165) is 20.0 Å². The zero-order valence-corrected chi connectivity index (χ0v) is 21.9. The number of benzene rings is 2. The van der Waals surface area contributed by atoms with Crippen LogP contribution in [-0.4, -0.2) is 44.6 Å². The van der Waals surface area contributed by atoms with Crippen LogP contribution in [0.4, 0.5) is 15.1 Å². The standard InChI is InChI=1S/C26H23ClFN3O4S2/c27-17-9-15(18(28)12-19(17)30-22-10-14-3-1-2-4-21(14)37-22)11-23(33)31-8-7-20(32)25(31)26-29-13-16(36-26)5-6-24(34)35/h1-4,9-10,12-13,20,25,30,32H,5-8,11H2,(H,34,35)/t20-,25-/m0/s1. The first-order chi connectivity index (χ1) is 17.8. The molecule has 0 unspecified atom stereocenters. The van der Waals surface area contributed by atoms with Gasteiger partial charge in [0.25, 0.3) is 0 Å². The van der Waals surface area contributed by atoms with Gasteiger partial charge in [-0.1, -0.05) is 29.8 Å². The number of rotatable bonds is 8. The summed E-state index contributed by atoms with van der Waals surface area (Å²) in [4.78, 5) is 30.7. The highest BCUT2D eigenvalue weighted by atomic mass is 35.5. The second-order valence-electron chi connectivity index (χ2n) is 8.82. The Bertz CT molecular complexity index is 1440. The van der Waals surface area contributed by atoms with Crippen LogP contribution in [-0.2, 0) is 22.4 Å². The molecule has 0 radical (unpaired) electrons. The predicted molar refractivity (Wildman–Crippen MR) is 143 cm³/mol. The number of thiophene rings is 1. The number of likely N-dealkylation sites (tertiary alicyclic amines) is 1. The van der Waals surface area contributed by atoms with Crippen LogP contribution < -0.4 is 5.32 Å². The first-order valence-electron chi connectivity index (χ1n) is 11.7. The molecule has 0 aliphatic carbocycles. The van der Waals surface area contributed by atoms with Gasteiger partial charge in [-0.15, -0.1) is 22.7 Å². The first kappa shape index (κ1) is 25.6. The number of aliphatic carboxylic acids is 1. The summed E-state index contributed by atoms with van der Waals surface area (Å²) in [6.45, 7) is 0.315. The Morgan fingerprint density at radius 1 is 1.22 bits per heavy atom. The highest BCUT2D eigenvalue weighted by Gasteiger charge is 2.39. The Morgan fingerprint density at radius 2 is 2.03 bits per heavy atom. The number of carbonyl (C=O) groups excluding carboxylic acids is 1. The number of anilines is 2. The van der Waals surface area contributed by atoms with Crippen LogP contribution in [0.5, 0.6) is 0 Å². The molecule has 0 saturated carbocycles. The molecule has 3 N–H and O–H groups in total. The van der Waals surface area contributed by atoms with Crippen molar-refractivity contribution in [1.82, 2.24) is 9.88 Å². The maximum atomic E-state index is 15.1. The lowest BCUT2D eigenvalue weighted by Gasteiger charge is -2.25. The fraction of sp³-hybridized carbons (Fsp3) is 0.269. The normalized spacial score (nSPS) is 17.4. The average Bonchev–Trinajstić information content (AvgIpc) is 3.58. The van der Waals surface area contributed by atoms with Crippen molar-refractivity contribution >= 4 is 66.9 Å². The molecule has 7 nitrogen and oxygen atoms in total. The number of aliphatic hydroxyl groups is 1. The Balaban J connectivity index is 1.30. The number of aliphatic hydroxyl groups excluding tert-OH is 1. The Morgan fingerprint density at radius 3 is 2.81 bits per heavy atom. The molecular formula is C26H23ClFN3O4S2. The summed E-state index contributed by atoms with van der Waals surface area (Å²) in [5.74, 6) is -1.80. The zero-order valence-electron chi connectivity index (χ0n) is 19.5. The predicted octanol–water partition coefficient (Wildman–Crippen LogP) is 5.79. The van der Waals surface area contributed by atoms with Gasteiger partial charge in [0.05, 0.1) is 34.7 Å². The smallest absolute Gasteiger partial charge is 0.303 e. The van der Waals surface area contributed by atoms with E-state index in [1.807, 2.05) is 30.3 Å². The monoisotopic (exact) mass is 559 g/mol. The minimum Gasteiger partial charge on any atom is -0.481 e. The van der Waals surface area contributed by atoms with E-state index < -0.39 is 23.9 Å². The molecule has 2 atom stereocenters. The van der Waals surface area contributed by atoms with Crippen LogP contribution in [0.15, 0.2) is 48.7 Å². The minimum absolute atomic E-state index is 0.0225. The van der Waals surface area contributed by atoms with Crippen LogP contribution >= 0.6 is 34.3 Å². The Hall–Kier alpha value is -3.05. The minimum atomic E-state index is -0.904. The lowest BCUT2D eigenvalue weighted by Crippen LogP contribution is -2.34. The summed E-state index contributed by atoms with van der Waals surface area (Å²) in [5.41, 5.74) is 0.575. The molecule has 192 valence electrons. The Kier molecular flexibility index (Phi) is 7.43. The largest absolute Gasteiger partial charge is 0.481 e. The van der Waals surface area contributed by atoms with E-state index in [0.29, 0.717) is 35.1 Å². The summed E-state index contributed by atoms with van der Waals surface area (Å²) in [6, 6.07) is 12.0. The molecule has 3 heterocycles. The van der Waals surface area contributed by atoms with Crippen LogP contribution in [0.1, 0.15) is 34.3 Å². The number of hydrogen-bond acceptors (Lipinski definition) is 7. The zero-order chi connectivity index (χ0) is 26.1. The fourth-order valence-electron chi connectivity index (χ4n) is 4.42. The van der Waals surface area contributed by atoms with E-state index in [-0.39, 0.29) is 24.3 Å². The van der Waals surface area contributed by atoms with Crippen LogP contribution in [0, 0.1) is 5.82 Å². The molecule has 1 aliphatic rings. The SMILES string of the molecule is O=C(O)CCc1cnc([C@@H]2[C@@H](O)CCN2C(=O)Cc2cc(Cl)c(Nc3cc4ccccc4s3)cc2F)s1. The number of aromatic nitrogens is 1. The van der Waals surface area contributed by atoms with Gasteiger partial charge >= 0.3 is 5.97 Å². The number of carboxylic acid groups (broad SMARTS) is 1. The number of carbonyl (C=O) groups is 2. The molecule has 4 aromatic rings. The lowest BCUT2D eigenvalue weighted by atomic mass is 10.1. The molecule has 5 rings (SSSR count). The van der Waals surface area contributed by atoms with E-state index in [1.165, 1.54) is 39.7 Å². The molecule has 2 aromatic heterocycles. The molecule has 1 amide bonds. The average molecular weight is 560 g/mol. The number of aryl methyl sites for hydroxylation is 1. The van der Waals surface area contributed by atoms with E-state index >= 15 is 4.39 Å². The quantitative estimate of drug-likeness (QED) is 0.252. The third kappa shape index (κ3) is 5.62. The molecule has 2 aromatic carbocycles. The van der Waals surface area contributed by atoms with Crippen molar-refractivity contribution in [2.45, 2.75) is 37.8 Å². The lowest BCUT2D eigenvalue weighted by molar-refractivity contribution is -0.137. The summed E-state index contributed by atoms with van der Waals surface area (Å²) in [6.07, 6.45) is 1.25. The van der Waals surface area contributed by atoms with Crippen molar-refractivity contribution in [2.75, 3.05) is 11.9 Å². The van der Waals surface area contributed by atoms with Gasteiger partial charge in [-0.25, -0.2) is 9.37 Å². The van der Waals surface area contributed by atoms with E-state index in [9.17, 15) is 14.7 Å². The van der Waals surface area contributed by atoms with Gasteiger partial charge in [-0.05, 0) is 48.1 Å². The summed E-state index contributed by atoms with van der Waals surface area (Å²) < 4.78 is 16.2. The molecular weight excluding hydrogens is 537 g/mol. The van der Waals surface area contributed by atoms with Crippen molar-refractivity contribution in [3.05, 3.63) is 74.9 Å². The van der Waals surface area contributed by atoms with Crippen LogP contribution in [0.25, 0.3) is 10.1 Å². The van der Waals surface area contributed by atoms with Crippen molar-refractivity contribution in [1.29, 1.82) is 0 Å². The third-order valence-corrected chi connectivity index (χ3v) is 8.73. The van der Waals surface area contributed by atoms with Gasteiger partial charge in [0.15, 0.2) is 0 Å². The Labute approximate surface area is 225 Å². The van der Waals surface area contributed by atoms with Crippen molar-refractivity contribution in [3.63, 3.8) is 0 Å². The van der Waals surface area contributed by atoms with Gasteiger partial charge in [-0.3, -0.25) is 9.59 Å². The number of fused-ring (bicyclic) bond motifs is 1. The fourth-order valence-corrected chi connectivity index (χ4v) is 6.72. The highest BCUT2D eigenvalue weighted by Crippen LogP contribution is 2.37. The summed E-state index contributed by atoms with van der Waals surface area (Å²) >= 11 is 9.27. The number of thiazole rings is 1. The number of amides is 1. The number of nitrogens with one attached hydrogen (secondary N) is 1. The van der Waals surface area contributed by atoms with Gasteiger partial charge in [0.1, 0.15) is 16.9 Å². The van der Waals surface area contributed by atoms with Crippen LogP contribution in [0.2, 0.25) is 5.02 Å². The number of hydrogen-bond donors (Lipinski definition) is 3. The molecule has 11 heteroatoms. The number of carboxylic acids is 1. The molecule has 1 aliphatic heterocycles. The van der Waals surface area contributed by atoms with Crippen molar-refractivity contribution in [3.8, 4) is 0 Å². The topological polar surface area (TPSA) is 103 Å². The number of halogens is 2. The third-order valence-electron chi connectivity index (χ3n) is 6.26. The summed E-state index contributed by atoms with van der Waals surface area (Å²) in [5, 5.41) is 25.4. The van der Waals surface area contributed by atoms with E-state index in [4.69, 9.17) is 16.7 Å². The van der Waals surface area contributed by atoms with Crippen LogP contribution in [0.3, 0.4) is 0 Å². The highest BCUT2D eigenvalue weighted by molar-refractivity contribution is 7.22. The first-order valence-corrected chi connectivity index (χ1v) is 13.7. The van der Waals surface area contributed by atoms with Gasteiger partial charge < -0.3 is 20.4 Å². The van der Waals surface area contributed by atoms with Gasteiger partial charge in [-0.2, -0.15) is 0 Å². The second-order valence-corrected chi connectivity index (χ2v) is 11.5. The second kappa shape index (κ2) is 10.7. The molecule has 0 bridgehead atoms.